The second kappa shape index (κ2) is 6.80. The summed E-state index contributed by atoms with van der Waals surface area (Å²) >= 11 is 1.83. The lowest BCUT2D eigenvalue weighted by Gasteiger charge is -2.10. The average molecular weight is 271 g/mol. The van der Waals surface area contributed by atoms with Crippen LogP contribution in [0.5, 0.6) is 0 Å². The summed E-state index contributed by atoms with van der Waals surface area (Å²) in [6.45, 7) is 3.55. The highest BCUT2D eigenvalue weighted by Gasteiger charge is 2.06. The van der Waals surface area contributed by atoms with E-state index in [0.717, 1.165) is 17.5 Å². The average Bonchev–Trinajstić information content (AvgIpc) is 2.37. The van der Waals surface area contributed by atoms with E-state index in [0.29, 0.717) is 17.4 Å². The van der Waals surface area contributed by atoms with Crippen molar-refractivity contribution in [2.45, 2.75) is 25.1 Å². The maximum absolute atomic E-state index is 11.8. The SMILES string of the molecule is CSC(C)CCNCc1cn(C)c(=O)n(C)c1=O. The maximum Gasteiger partial charge on any atom is 0.330 e. The van der Waals surface area contributed by atoms with Crippen LogP contribution in [-0.4, -0.2) is 27.2 Å². The van der Waals surface area contributed by atoms with Crippen LogP contribution in [0, 0.1) is 0 Å². The molecule has 0 aromatic carbocycles. The Kier molecular flexibility index (Phi) is 5.68. The van der Waals surface area contributed by atoms with Gasteiger partial charge < -0.3 is 9.88 Å². The van der Waals surface area contributed by atoms with Crippen molar-refractivity contribution in [2.24, 2.45) is 14.1 Å². The third-order valence-corrected chi connectivity index (χ3v) is 4.00. The summed E-state index contributed by atoms with van der Waals surface area (Å²) in [4.78, 5) is 23.3. The molecular weight excluding hydrogens is 250 g/mol. The van der Waals surface area contributed by atoms with E-state index in [4.69, 9.17) is 0 Å². The number of rotatable bonds is 6. The molecule has 0 spiro atoms. The standard InChI is InChI=1S/C12H21N3O2S/c1-9(18-4)5-6-13-7-10-8-14(2)12(17)15(3)11(10)16/h8-9,13H,5-7H2,1-4H3. The molecule has 1 aromatic rings. The fourth-order valence-corrected chi connectivity index (χ4v) is 2.00. The molecule has 18 heavy (non-hydrogen) atoms. The van der Waals surface area contributed by atoms with E-state index >= 15 is 0 Å². The van der Waals surface area contributed by atoms with Crippen LogP contribution in [0.2, 0.25) is 0 Å². The summed E-state index contributed by atoms with van der Waals surface area (Å²) in [7, 11) is 3.16. The molecular formula is C12H21N3O2S. The highest BCUT2D eigenvalue weighted by Crippen LogP contribution is 2.07. The molecule has 1 N–H and O–H groups in total. The Balaban J connectivity index is 2.64. The quantitative estimate of drug-likeness (QED) is 0.757. The summed E-state index contributed by atoms with van der Waals surface area (Å²) in [6.07, 6.45) is 4.76. The van der Waals surface area contributed by atoms with Crippen molar-refractivity contribution >= 4 is 11.8 Å². The van der Waals surface area contributed by atoms with Crippen molar-refractivity contribution in [3.8, 4) is 0 Å². The normalized spacial score (nSPS) is 12.7. The molecule has 1 unspecified atom stereocenters. The first-order valence-electron chi connectivity index (χ1n) is 5.96. The van der Waals surface area contributed by atoms with Gasteiger partial charge in [-0.05, 0) is 19.2 Å². The molecule has 6 heteroatoms. The Bertz CT molecular complexity index is 507. The first-order chi connectivity index (χ1) is 8.47. The second-order valence-corrected chi connectivity index (χ2v) is 5.70. The molecule has 0 amide bonds. The zero-order chi connectivity index (χ0) is 13.7. The first kappa shape index (κ1) is 15.0. The number of aromatic nitrogens is 2. The van der Waals surface area contributed by atoms with Gasteiger partial charge in [-0.25, -0.2) is 4.79 Å². The van der Waals surface area contributed by atoms with Crippen molar-refractivity contribution in [3.05, 3.63) is 32.6 Å². The smallest absolute Gasteiger partial charge is 0.312 e. The summed E-state index contributed by atoms with van der Waals surface area (Å²) in [5.74, 6) is 0. The van der Waals surface area contributed by atoms with Gasteiger partial charge in [0.1, 0.15) is 0 Å². The molecule has 0 saturated heterocycles. The van der Waals surface area contributed by atoms with Crippen LogP contribution in [0.4, 0.5) is 0 Å². The third-order valence-electron chi connectivity index (χ3n) is 2.96. The Hall–Kier alpha value is -1.01. The van der Waals surface area contributed by atoms with Crippen LogP contribution in [-0.2, 0) is 20.6 Å². The monoisotopic (exact) mass is 271 g/mol. The van der Waals surface area contributed by atoms with E-state index < -0.39 is 0 Å². The molecule has 5 nitrogen and oxygen atoms in total. The highest BCUT2D eigenvalue weighted by molar-refractivity contribution is 7.99. The van der Waals surface area contributed by atoms with Gasteiger partial charge in [0, 0.05) is 37.7 Å². The predicted molar refractivity (Wildman–Crippen MR) is 76.2 cm³/mol. The molecule has 1 rings (SSSR count). The molecule has 0 aliphatic rings. The molecule has 1 heterocycles. The molecule has 0 aliphatic carbocycles. The lowest BCUT2D eigenvalue weighted by Crippen LogP contribution is -2.39. The van der Waals surface area contributed by atoms with E-state index in [1.54, 1.807) is 13.2 Å². The minimum Gasteiger partial charge on any atom is -0.312 e. The van der Waals surface area contributed by atoms with Crippen molar-refractivity contribution in [1.82, 2.24) is 14.5 Å². The lowest BCUT2D eigenvalue weighted by atomic mass is 10.3. The number of hydrogen-bond acceptors (Lipinski definition) is 4. The van der Waals surface area contributed by atoms with Gasteiger partial charge >= 0.3 is 5.69 Å². The van der Waals surface area contributed by atoms with E-state index in [1.165, 1.54) is 11.6 Å². The minimum atomic E-state index is -0.292. The van der Waals surface area contributed by atoms with Crippen LogP contribution >= 0.6 is 11.8 Å². The van der Waals surface area contributed by atoms with Gasteiger partial charge in [0.15, 0.2) is 0 Å². The van der Waals surface area contributed by atoms with Crippen LogP contribution in [0.3, 0.4) is 0 Å². The van der Waals surface area contributed by atoms with Gasteiger partial charge in [0.25, 0.3) is 5.56 Å². The Morgan fingerprint density at radius 3 is 2.67 bits per heavy atom. The topological polar surface area (TPSA) is 56.0 Å². The van der Waals surface area contributed by atoms with Gasteiger partial charge in [-0.15, -0.1) is 0 Å². The molecule has 102 valence electrons. The first-order valence-corrected chi connectivity index (χ1v) is 7.25. The number of thioether (sulfide) groups is 1. The van der Waals surface area contributed by atoms with Gasteiger partial charge in [-0.1, -0.05) is 6.92 Å². The lowest BCUT2D eigenvalue weighted by molar-refractivity contribution is 0.614. The van der Waals surface area contributed by atoms with Crippen molar-refractivity contribution in [3.63, 3.8) is 0 Å². The van der Waals surface area contributed by atoms with Crippen LogP contribution in [0.15, 0.2) is 15.8 Å². The molecule has 0 aliphatic heterocycles. The van der Waals surface area contributed by atoms with Gasteiger partial charge in [0.2, 0.25) is 0 Å². The number of aryl methyl sites for hydroxylation is 1. The molecule has 0 saturated carbocycles. The van der Waals surface area contributed by atoms with Crippen molar-refractivity contribution < 1.29 is 0 Å². The third kappa shape index (κ3) is 3.74. The van der Waals surface area contributed by atoms with E-state index in [9.17, 15) is 9.59 Å². The van der Waals surface area contributed by atoms with Crippen LogP contribution in [0.1, 0.15) is 18.9 Å². The van der Waals surface area contributed by atoms with E-state index in [2.05, 4.69) is 18.5 Å². The zero-order valence-electron chi connectivity index (χ0n) is 11.4. The van der Waals surface area contributed by atoms with Crippen LogP contribution in [0.25, 0.3) is 0 Å². The number of nitrogens with one attached hydrogen (secondary N) is 1. The fraction of sp³-hybridized carbons (Fsp3) is 0.667. The molecule has 0 fully saturated rings. The molecule has 1 atom stereocenters. The number of nitrogens with zero attached hydrogens (tertiary/aromatic N) is 2. The Morgan fingerprint density at radius 2 is 2.06 bits per heavy atom. The van der Waals surface area contributed by atoms with E-state index in [1.807, 2.05) is 11.8 Å². The fourth-order valence-electron chi connectivity index (χ4n) is 1.65. The van der Waals surface area contributed by atoms with Gasteiger partial charge in [-0.2, -0.15) is 11.8 Å². The van der Waals surface area contributed by atoms with Crippen molar-refractivity contribution in [2.75, 3.05) is 12.8 Å². The minimum absolute atomic E-state index is 0.219. The highest BCUT2D eigenvalue weighted by atomic mass is 32.2. The Morgan fingerprint density at radius 1 is 1.39 bits per heavy atom. The Labute approximate surface area is 111 Å². The number of hydrogen-bond donors (Lipinski definition) is 1. The second-order valence-electron chi connectivity index (χ2n) is 4.42. The summed E-state index contributed by atoms with van der Waals surface area (Å²) in [6, 6.07) is 0. The van der Waals surface area contributed by atoms with Crippen molar-refractivity contribution in [1.29, 1.82) is 0 Å². The maximum atomic E-state index is 11.8. The van der Waals surface area contributed by atoms with Gasteiger partial charge in [0.05, 0.1) is 0 Å². The molecule has 0 radical (unpaired) electrons. The summed E-state index contributed by atoms with van der Waals surface area (Å²) < 4.78 is 2.57. The summed E-state index contributed by atoms with van der Waals surface area (Å²) in [5, 5.41) is 3.85. The molecule has 1 aromatic heterocycles. The molecule has 0 bridgehead atoms. The van der Waals surface area contributed by atoms with Gasteiger partial charge in [-0.3, -0.25) is 9.36 Å². The largest absolute Gasteiger partial charge is 0.330 e. The zero-order valence-corrected chi connectivity index (χ0v) is 12.2. The van der Waals surface area contributed by atoms with E-state index in [-0.39, 0.29) is 11.2 Å². The summed E-state index contributed by atoms with van der Waals surface area (Å²) in [5.41, 5.74) is 0.111. The van der Waals surface area contributed by atoms with Crippen LogP contribution < -0.4 is 16.6 Å². The predicted octanol–water partition coefficient (Wildman–Crippen LogP) is 0.315.